The van der Waals surface area contributed by atoms with E-state index in [0.29, 0.717) is 22.9 Å². The van der Waals surface area contributed by atoms with Crippen LogP contribution in [0.3, 0.4) is 0 Å². The van der Waals surface area contributed by atoms with Gasteiger partial charge in [-0.15, -0.1) is 5.10 Å². The zero-order valence-corrected chi connectivity index (χ0v) is 11.6. The summed E-state index contributed by atoms with van der Waals surface area (Å²) in [5, 5.41) is 20.4. The van der Waals surface area contributed by atoms with E-state index >= 15 is 0 Å². The molecule has 0 aliphatic carbocycles. The highest BCUT2D eigenvalue weighted by Crippen LogP contribution is 2.18. The van der Waals surface area contributed by atoms with Crippen molar-refractivity contribution in [1.82, 2.24) is 10.2 Å². The third kappa shape index (κ3) is 3.16. The van der Waals surface area contributed by atoms with Crippen molar-refractivity contribution < 1.29 is 5.21 Å². The summed E-state index contributed by atoms with van der Waals surface area (Å²) >= 11 is 5.85. The fourth-order valence-corrected chi connectivity index (χ4v) is 1.92. The third-order valence-corrected chi connectivity index (χ3v) is 3.03. The first kappa shape index (κ1) is 14.1. The predicted molar refractivity (Wildman–Crippen MR) is 78.1 cm³/mol. The van der Waals surface area contributed by atoms with Crippen molar-refractivity contribution in [1.29, 1.82) is 0 Å². The Kier molecular flexibility index (Phi) is 4.37. The Balaban J connectivity index is 2.25. The highest BCUT2D eigenvalue weighted by molar-refractivity contribution is 6.30. The Morgan fingerprint density at radius 1 is 1.35 bits per heavy atom. The van der Waals surface area contributed by atoms with Gasteiger partial charge in [-0.3, -0.25) is 0 Å². The molecule has 0 aliphatic rings. The maximum absolute atomic E-state index is 8.80. The van der Waals surface area contributed by atoms with Crippen molar-refractivity contribution in [3.05, 3.63) is 52.7 Å². The van der Waals surface area contributed by atoms with Crippen LogP contribution in [0.1, 0.15) is 11.1 Å². The smallest absolute Gasteiger partial charge is 0.173 e. The maximum atomic E-state index is 8.80. The second-order valence-electron chi connectivity index (χ2n) is 4.24. The summed E-state index contributed by atoms with van der Waals surface area (Å²) < 4.78 is 0. The van der Waals surface area contributed by atoms with Crippen molar-refractivity contribution in [3.8, 4) is 0 Å². The van der Waals surface area contributed by atoms with Gasteiger partial charge in [0.15, 0.2) is 11.7 Å². The molecule has 0 saturated carbocycles. The number of anilines is 1. The van der Waals surface area contributed by atoms with Gasteiger partial charge in [0.05, 0.1) is 11.8 Å². The summed E-state index contributed by atoms with van der Waals surface area (Å²) in [5.74, 6) is 0.538. The number of rotatable bonds is 4. The molecule has 2 aromatic rings. The largest absolute Gasteiger partial charge is 0.409 e. The van der Waals surface area contributed by atoms with E-state index in [1.807, 2.05) is 36.2 Å². The lowest BCUT2D eigenvalue weighted by Gasteiger charge is -2.20. The van der Waals surface area contributed by atoms with Gasteiger partial charge in [-0.05, 0) is 23.8 Å². The molecule has 0 radical (unpaired) electrons. The fraction of sp³-hybridized carbons (Fsp3) is 0.154. The summed E-state index contributed by atoms with van der Waals surface area (Å²) in [6.07, 6.45) is 1.49. The first-order valence-electron chi connectivity index (χ1n) is 5.87. The van der Waals surface area contributed by atoms with E-state index in [1.54, 1.807) is 6.07 Å². The Bertz CT molecular complexity index is 614. The lowest BCUT2D eigenvalue weighted by molar-refractivity contribution is 0.318. The van der Waals surface area contributed by atoms with E-state index < -0.39 is 0 Å². The molecule has 0 bridgehead atoms. The number of halogens is 1. The van der Waals surface area contributed by atoms with Gasteiger partial charge in [-0.2, -0.15) is 5.10 Å². The second-order valence-corrected chi connectivity index (χ2v) is 4.67. The standard InChI is InChI=1S/C13H14ClN5O/c1-19(8-9-2-4-10(14)5-3-9)13-11(12(15)18-20)6-7-16-17-13/h2-7,20H,8H2,1H3,(H2,15,18). The molecule has 104 valence electrons. The molecule has 0 unspecified atom stereocenters. The van der Waals surface area contributed by atoms with E-state index in [-0.39, 0.29) is 5.84 Å². The Labute approximate surface area is 121 Å². The van der Waals surface area contributed by atoms with Crippen LogP contribution in [0.25, 0.3) is 0 Å². The van der Waals surface area contributed by atoms with Gasteiger partial charge < -0.3 is 15.8 Å². The predicted octanol–water partition coefficient (Wildman–Crippen LogP) is 1.86. The molecular weight excluding hydrogens is 278 g/mol. The molecule has 2 rings (SSSR count). The van der Waals surface area contributed by atoms with Crippen molar-refractivity contribution in [2.45, 2.75) is 6.54 Å². The molecule has 1 aromatic carbocycles. The average molecular weight is 292 g/mol. The summed E-state index contributed by atoms with van der Waals surface area (Å²) in [4.78, 5) is 1.86. The molecule has 3 N–H and O–H groups in total. The first-order valence-corrected chi connectivity index (χ1v) is 6.25. The van der Waals surface area contributed by atoms with Crippen LogP contribution in [0.5, 0.6) is 0 Å². The maximum Gasteiger partial charge on any atom is 0.173 e. The minimum absolute atomic E-state index is 0.00199. The van der Waals surface area contributed by atoms with Crippen molar-refractivity contribution in [2.24, 2.45) is 10.9 Å². The number of benzene rings is 1. The summed E-state index contributed by atoms with van der Waals surface area (Å²) in [6.45, 7) is 0.599. The van der Waals surface area contributed by atoms with Gasteiger partial charge >= 0.3 is 0 Å². The molecule has 0 saturated heterocycles. The SMILES string of the molecule is CN(Cc1ccc(Cl)cc1)c1nnccc1/C(N)=N/O. The molecule has 1 heterocycles. The highest BCUT2D eigenvalue weighted by Gasteiger charge is 2.13. The molecule has 0 atom stereocenters. The van der Waals surface area contributed by atoms with Crippen LogP contribution in [0.2, 0.25) is 5.02 Å². The van der Waals surface area contributed by atoms with Gasteiger partial charge in [-0.1, -0.05) is 28.9 Å². The molecule has 6 nitrogen and oxygen atoms in total. The van der Waals surface area contributed by atoms with Crippen LogP contribution in [-0.2, 0) is 6.54 Å². The molecular formula is C13H14ClN5O. The van der Waals surface area contributed by atoms with Gasteiger partial charge in [0, 0.05) is 18.6 Å². The molecule has 0 fully saturated rings. The number of hydrogen-bond donors (Lipinski definition) is 2. The normalized spacial score (nSPS) is 11.4. The third-order valence-electron chi connectivity index (χ3n) is 2.78. The van der Waals surface area contributed by atoms with E-state index in [0.717, 1.165) is 5.56 Å². The fourth-order valence-electron chi connectivity index (χ4n) is 1.80. The zero-order chi connectivity index (χ0) is 14.5. The van der Waals surface area contributed by atoms with Gasteiger partial charge in [0.25, 0.3) is 0 Å². The van der Waals surface area contributed by atoms with Gasteiger partial charge in [-0.25, -0.2) is 0 Å². The molecule has 0 aliphatic heterocycles. The number of nitrogens with two attached hydrogens (primary N) is 1. The topological polar surface area (TPSA) is 87.6 Å². The van der Waals surface area contributed by atoms with Crippen LogP contribution in [0, 0.1) is 0 Å². The second kappa shape index (κ2) is 6.21. The van der Waals surface area contributed by atoms with E-state index in [1.165, 1.54) is 6.20 Å². The molecule has 7 heteroatoms. The van der Waals surface area contributed by atoms with Crippen LogP contribution in [-0.4, -0.2) is 28.3 Å². The van der Waals surface area contributed by atoms with E-state index in [4.69, 9.17) is 22.5 Å². The number of amidine groups is 1. The highest BCUT2D eigenvalue weighted by atomic mass is 35.5. The average Bonchev–Trinajstić information content (AvgIpc) is 2.48. The minimum atomic E-state index is -0.00199. The molecule has 0 spiro atoms. The van der Waals surface area contributed by atoms with Crippen LogP contribution < -0.4 is 10.6 Å². The number of nitrogens with zero attached hydrogens (tertiary/aromatic N) is 4. The monoisotopic (exact) mass is 291 g/mol. The quantitative estimate of drug-likeness (QED) is 0.388. The van der Waals surface area contributed by atoms with Gasteiger partial charge in [0.2, 0.25) is 0 Å². The van der Waals surface area contributed by atoms with Crippen molar-refractivity contribution in [3.63, 3.8) is 0 Å². The Morgan fingerprint density at radius 3 is 2.70 bits per heavy atom. The molecule has 20 heavy (non-hydrogen) atoms. The van der Waals surface area contributed by atoms with Crippen LogP contribution >= 0.6 is 11.6 Å². The summed E-state index contributed by atoms with van der Waals surface area (Å²) in [6, 6.07) is 9.16. The first-order chi connectivity index (χ1) is 9.61. The van der Waals surface area contributed by atoms with E-state index in [2.05, 4.69) is 15.4 Å². The molecule has 0 amide bonds. The Morgan fingerprint density at radius 2 is 2.05 bits per heavy atom. The number of aromatic nitrogens is 2. The number of hydrogen-bond acceptors (Lipinski definition) is 5. The van der Waals surface area contributed by atoms with Crippen LogP contribution in [0.4, 0.5) is 5.82 Å². The lowest BCUT2D eigenvalue weighted by Crippen LogP contribution is -2.24. The summed E-state index contributed by atoms with van der Waals surface area (Å²) in [5.41, 5.74) is 7.22. The van der Waals surface area contributed by atoms with Gasteiger partial charge in [0.1, 0.15) is 0 Å². The lowest BCUT2D eigenvalue weighted by atomic mass is 10.2. The minimum Gasteiger partial charge on any atom is -0.409 e. The molecule has 1 aromatic heterocycles. The summed E-state index contributed by atoms with van der Waals surface area (Å²) in [7, 11) is 1.85. The Hall–Kier alpha value is -2.34. The number of oxime groups is 1. The van der Waals surface area contributed by atoms with E-state index in [9.17, 15) is 0 Å². The zero-order valence-electron chi connectivity index (χ0n) is 10.9. The van der Waals surface area contributed by atoms with Crippen molar-refractivity contribution in [2.75, 3.05) is 11.9 Å². The van der Waals surface area contributed by atoms with Crippen molar-refractivity contribution >= 4 is 23.3 Å². The van der Waals surface area contributed by atoms with Crippen LogP contribution in [0.15, 0.2) is 41.7 Å².